The summed E-state index contributed by atoms with van der Waals surface area (Å²) in [5.74, 6) is 0.893. The SMILES string of the molecule is N#Cc1cccnc1Oc1ccc(CN2CCOCC2)c2cccnc12. The lowest BCUT2D eigenvalue weighted by Gasteiger charge is -2.27. The van der Waals surface area contributed by atoms with E-state index < -0.39 is 0 Å². The molecule has 0 bridgehead atoms. The molecule has 2 aromatic heterocycles. The third-order valence-corrected chi connectivity index (χ3v) is 4.42. The quantitative estimate of drug-likeness (QED) is 0.723. The average Bonchev–Trinajstić information content (AvgIpc) is 2.71. The second-order valence-corrected chi connectivity index (χ2v) is 6.08. The molecular weight excluding hydrogens is 328 g/mol. The zero-order valence-corrected chi connectivity index (χ0v) is 14.3. The van der Waals surface area contributed by atoms with E-state index in [0.29, 0.717) is 17.2 Å². The van der Waals surface area contributed by atoms with Crippen LogP contribution in [-0.2, 0) is 11.3 Å². The number of nitrogens with zero attached hydrogens (tertiary/aromatic N) is 4. The van der Waals surface area contributed by atoms with Gasteiger partial charge in [0.2, 0.25) is 5.88 Å². The second kappa shape index (κ2) is 7.48. The Morgan fingerprint density at radius 3 is 2.73 bits per heavy atom. The van der Waals surface area contributed by atoms with Gasteiger partial charge in [-0.05, 0) is 29.8 Å². The molecule has 1 fully saturated rings. The number of hydrogen-bond donors (Lipinski definition) is 0. The summed E-state index contributed by atoms with van der Waals surface area (Å²) in [6, 6.07) is 13.4. The van der Waals surface area contributed by atoms with Gasteiger partial charge in [0, 0.05) is 37.4 Å². The van der Waals surface area contributed by atoms with Crippen LogP contribution in [0.2, 0.25) is 0 Å². The summed E-state index contributed by atoms with van der Waals surface area (Å²) in [7, 11) is 0. The molecule has 1 aliphatic heterocycles. The molecule has 6 heteroatoms. The van der Waals surface area contributed by atoms with Gasteiger partial charge in [-0.1, -0.05) is 12.1 Å². The maximum atomic E-state index is 9.23. The highest BCUT2D eigenvalue weighted by Gasteiger charge is 2.15. The van der Waals surface area contributed by atoms with Crippen molar-refractivity contribution in [2.45, 2.75) is 6.54 Å². The number of aromatic nitrogens is 2. The van der Waals surface area contributed by atoms with Crippen LogP contribution in [0, 0.1) is 11.3 Å². The Morgan fingerprint density at radius 2 is 1.88 bits per heavy atom. The van der Waals surface area contributed by atoms with Crippen LogP contribution >= 0.6 is 0 Å². The van der Waals surface area contributed by atoms with E-state index in [-0.39, 0.29) is 0 Å². The third-order valence-electron chi connectivity index (χ3n) is 4.42. The summed E-state index contributed by atoms with van der Waals surface area (Å²) >= 11 is 0. The van der Waals surface area contributed by atoms with Crippen molar-refractivity contribution in [3.8, 4) is 17.7 Å². The van der Waals surface area contributed by atoms with Gasteiger partial charge in [0.15, 0.2) is 5.75 Å². The fourth-order valence-electron chi connectivity index (χ4n) is 3.09. The van der Waals surface area contributed by atoms with Crippen LogP contribution in [0.3, 0.4) is 0 Å². The lowest BCUT2D eigenvalue weighted by molar-refractivity contribution is 0.0343. The van der Waals surface area contributed by atoms with Crippen LogP contribution in [-0.4, -0.2) is 41.2 Å². The van der Waals surface area contributed by atoms with Gasteiger partial charge in [-0.15, -0.1) is 0 Å². The van der Waals surface area contributed by atoms with Gasteiger partial charge in [-0.2, -0.15) is 5.26 Å². The van der Waals surface area contributed by atoms with E-state index in [1.165, 1.54) is 5.56 Å². The predicted octanol–water partition coefficient (Wildman–Crippen LogP) is 3.13. The van der Waals surface area contributed by atoms with Crippen LogP contribution in [0.4, 0.5) is 0 Å². The van der Waals surface area contributed by atoms with Gasteiger partial charge in [0.25, 0.3) is 0 Å². The molecule has 0 N–H and O–H groups in total. The predicted molar refractivity (Wildman–Crippen MR) is 96.9 cm³/mol. The van der Waals surface area contributed by atoms with Crippen molar-refractivity contribution in [1.82, 2.24) is 14.9 Å². The number of hydrogen-bond acceptors (Lipinski definition) is 6. The molecule has 0 aliphatic carbocycles. The summed E-state index contributed by atoms with van der Waals surface area (Å²) in [6.07, 6.45) is 3.36. The molecule has 3 heterocycles. The van der Waals surface area contributed by atoms with Gasteiger partial charge in [-0.25, -0.2) is 4.98 Å². The van der Waals surface area contributed by atoms with Crippen LogP contribution in [0.25, 0.3) is 10.9 Å². The Labute approximate surface area is 151 Å². The molecule has 0 spiro atoms. The molecule has 0 atom stereocenters. The Kier molecular flexibility index (Phi) is 4.73. The number of benzene rings is 1. The first-order chi connectivity index (χ1) is 12.8. The van der Waals surface area contributed by atoms with Crippen molar-refractivity contribution in [1.29, 1.82) is 5.26 Å². The molecule has 4 rings (SSSR count). The Morgan fingerprint density at radius 1 is 1.08 bits per heavy atom. The maximum Gasteiger partial charge on any atom is 0.237 e. The molecular formula is C20H18N4O2. The Balaban J connectivity index is 1.69. The fraction of sp³-hybridized carbons (Fsp3) is 0.250. The molecule has 0 radical (unpaired) electrons. The number of pyridine rings is 2. The van der Waals surface area contributed by atoms with Crippen LogP contribution in [0.1, 0.15) is 11.1 Å². The minimum absolute atomic E-state index is 0.294. The second-order valence-electron chi connectivity index (χ2n) is 6.08. The molecule has 1 aliphatic rings. The molecule has 6 nitrogen and oxygen atoms in total. The first kappa shape index (κ1) is 16.5. The molecule has 130 valence electrons. The summed E-state index contributed by atoms with van der Waals surface area (Å²) in [4.78, 5) is 11.1. The highest BCUT2D eigenvalue weighted by molar-refractivity contribution is 5.87. The molecule has 0 saturated carbocycles. The number of nitriles is 1. The third kappa shape index (κ3) is 3.36. The van der Waals surface area contributed by atoms with Crippen LogP contribution in [0.5, 0.6) is 11.6 Å². The lowest BCUT2D eigenvalue weighted by Crippen LogP contribution is -2.35. The summed E-state index contributed by atoms with van der Waals surface area (Å²) in [5, 5.41) is 10.3. The zero-order chi connectivity index (χ0) is 17.8. The minimum atomic E-state index is 0.294. The van der Waals surface area contributed by atoms with Crippen molar-refractivity contribution in [2.24, 2.45) is 0 Å². The average molecular weight is 346 g/mol. The summed E-state index contributed by atoms with van der Waals surface area (Å²) in [5.41, 5.74) is 2.37. The zero-order valence-electron chi connectivity index (χ0n) is 14.3. The normalized spacial score (nSPS) is 14.9. The fourth-order valence-corrected chi connectivity index (χ4v) is 3.09. The lowest BCUT2D eigenvalue weighted by atomic mass is 10.1. The van der Waals surface area contributed by atoms with Gasteiger partial charge in [0.05, 0.1) is 13.2 Å². The smallest absolute Gasteiger partial charge is 0.237 e. The molecule has 3 aromatic rings. The van der Waals surface area contributed by atoms with E-state index >= 15 is 0 Å². The van der Waals surface area contributed by atoms with Crippen molar-refractivity contribution in [2.75, 3.05) is 26.3 Å². The minimum Gasteiger partial charge on any atom is -0.435 e. The monoisotopic (exact) mass is 346 g/mol. The van der Waals surface area contributed by atoms with E-state index in [2.05, 4.69) is 33.1 Å². The first-order valence-corrected chi connectivity index (χ1v) is 8.55. The number of fused-ring (bicyclic) bond motifs is 1. The summed E-state index contributed by atoms with van der Waals surface area (Å²) in [6.45, 7) is 4.25. The molecule has 26 heavy (non-hydrogen) atoms. The van der Waals surface area contributed by atoms with Gasteiger partial charge < -0.3 is 9.47 Å². The summed E-state index contributed by atoms with van der Waals surface area (Å²) < 4.78 is 11.4. The van der Waals surface area contributed by atoms with Crippen molar-refractivity contribution in [3.05, 3.63) is 59.9 Å². The molecule has 0 amide bonds. The van der Waals surface area contributed by atoms with E-state index in [4.69, 9.17) is 9.47 Å². The van der Waals surface area contributed by atoms with E-state index in [9.17, 15) is 5.26 Å². The maximum absolute atomic E-state index is 9.23. The Hall–Kier alpha value is -3.01. The topological polar surface area (TPSA) is 71.3 Å². The van der Waals surface area contributed by atoms with Crippen molar-refractivity contribution < 1.29 is 9.47 Å². The van der Waals surface area contributed by atoms with Crippen LogP contribution < -0.4 is 4.74 Å². The van der Waals surface area contributed by atoms with E-state index in [1.54, 1.807) is 24.5 Å². The first-order valence-electron chi connectivity index (χ1n) is 8.55. The largest absolute Gasteiger partial charge is 0.435 e. The molecule has 1 aromatic carbocycles. The molecule has 1 saturated heterocycles. The Bertz CT molecular complexity index is 961. The highest BCUT2D eigenvalue weighted by atomic mass is 16.5. The van der Waals surface area contributed by atoms with Gasteiger partial charge >= 0.3 is 0 Å². The van der Waals surface area contributed by atoms with E-state index in [1.807, 2.05) is 12.1 Å². The van der Waals surface area contributed by atoms with Crippen LogP contribution in [0.15, 0.2) is 48.8 Å². The molecule has 0 unspecified atom stereocenters. The van der Waals surface area contributed by atoms with Gasteiger partial charge in [-0.3, -0.25) is 9.88 Å². The standard InChI is InChI=1S/C20H18N4O2/c21-13-15-3-1-8-23-20(15)26-18-6-5-16(14-24-9-11-25-12-10-24)17-4-2-7-22-19(17)18/h1-8H,9-12,14H2. The van der Waals surface area contributed by atoms with Crippen molar-refractivity contribution >= 4 is 10.9 Å². The number of ether oxygens (including phenoxy) is 2. The number of rotatable bonds is 4. The van der Waals surface area contributed by atoms with Crippen molar-refractivity contribution in [3.63, 3.8) is 0 Å². The van der Waals surface area contributed by atoms with E-state index in [0.717, 1.165) is 43.8 Å². The van der Waals surface area contributed by atoms with Gasteiger partial charge in [0.1, 0.15) is 17.1 Å². The number of morpholine rings is 1. The highest BCUT2D eigenvalue weighted by Crippen LogP contribution is 2.31.